The highest BCUT2D eigenvalue weighted by Gasteiger charge is 2.28. The lowest BCUT2D eigenvalue weighted by atomic mass is 10.0. The Morgan fingerprint density at radius 1 is 1.12 bits per heavy atom. The zero-order valence-corrected chi connectivity index (χ0v) is 15.1. The van der Waals surface area contributed by atoms with E-state index in [4.69, 9.17) is 0 Å². The van der Waals surface area contributed by atoms with Crippen molar-refractivity contribution in [1.29, 1.82) is 0 Å². The topological polar surface area (TPSA) is 52.2 Å². The van der Waals surface area contributed by atoms with Gasteiger partial charge in [-0.3, -0.25) is 9.69 Å². The summed E-state index contributed by atoms with van der Waals surface area (Å²) in [5.74, 6) is 1.09. The fourth-order valence-corrected chi connectivity index (χ4v) is 3.64. The van der Waals surface area contributed by atoms with Crippen molar-refractivity contribution in [3.8, 4) is 0 Å². The van der Waals surface area contributed by atoms with Crippen LogP contribution in [-0.2, 0) is 11.2 Å². The van der Waals surface area contributed by atoms with Crippen molar-refractivity contribution in [2.75, 3.05) is 26.7 Å². The van der Waals surface area contributed by atoms with Crippen molar-refractivity contribution in [2.45, 2.75) is 18.9 Å². The smallest absolute Gasteiger partial charge is 0.223 e. The molecule has 1 N–H and O–H groups in total. The standard InChI is InChI=1S/C21H24N4O/c1-24-13-14-25(15-19(24)16-7-3-2-4-8-16)21(26)12-11-20-22-17-9-5-6-10-18(17)23-20/h2-10,19H,11-15H2,1H3,(H,22,23). The van der Waals surface area contributed by atoms with E-state index in [9.17, 15) is 4.79 Å². The Kier molecular flexibility index (Phi) is 4.71. The first kappa shape index (κ1) is 16.8. The van der Waals surface area contributed by atoms with Gasteiger partial charge in [0, 0.05) is 32.5 Å². The first-order chi connectivity index (χ1) is 12.7. The number of aryl methyl sites for hydroxylation is 1. The van der Waals surface area contributed by atoms with E-state index in [1.54, 1.807) is 0 Å². The maximum Gasteiger partial charge on any atom is 0.223 e. The van der Waals surface area contributed by atoms with Gasteiger partial charge < -0.3 is 9.88 Å². The summed E-state index contributed by atoms with van der Waals surface area (Å²) in [5.41, 5.74) is 3.25. The lowest BCUT2D eigenvalue weighted by molar-refractivity contribution is -0.134. The van der Waals surface area contributed by atoms with Crippen LogP contribution in [-0.4, -0.2) is 52.4 Å². The monoisotopic (exact) mass is 348 g/mol. The number of aromatic nitrogens is 2. The highest BCUT2D eigenvalue weighted by molar-refractivity contribution is 5.77. The number of nitrogens with zero attached hydrogens (tertiary/aromatic N) is 3. The van der Waals surface area contributed by atoms with E-state index in [-0.39, 0.29) is 11.9 Å². The number of likely N-dealkylation sites (N-methyl/N-ethyl adjacent to an activating group) is 1. The highest BCUT2D eigenvalue weighted by Crippen LogP contribution is 2.24. The number of benzene rings is 2. The van der Waals surface area contributed by atoms with Crippen LogP contribution in [0.5, 0.6) is 0 Å². The number of amides is 1. The van der Waals surface area contributed by atoms with Crippen LogP contribution in [0.1, 0.15) is 23.9 Å². The molecule has 1 aromatic heterocycles. The Hall–Kier alpha value is -2.66. The zero-order chi connectivity index (χ0) is 17.9. The van der Waals surface area contributed by atoms with Gasteiger partial charge in [-0.15, -0.1) is 0 Å². The number of carbonyl (C=O) groups is 1. The van der Waals surface area contributed by atoms with Crippen molar-refractivity contribution in [1.82, 2.24) is 19.8 Å². The lowest BCUT2D eigenvalue weighted by Crippen LogP contribution is -2.49. The predicted molar refractivity (Wildman–Crippen MR) is 103 cm³/mol. The van der Waals surface area contributed by atoms with Crippen molar-refractivity contribution in [2.24, 2.45) is 0 Å². The van der Waals surface area contributed by atoms with Gasteiger partial charge in [0.25, 0.3) is 0 Å². The average molecular weight is 348 g/mol. The fraction of sp³-hybridized carbons (Fsp3) is 0.333. The van der Waals surface area contributed by atoms with E-state index < -0.39 is 0 Å². The van der Waals surface area contributed by atoms with Crippen LogP contribution in [0.3, 0.4) is 0 Å². The molecule has 1 amide bonds. The number of hydrogen-bond acceptors (Lipinski definition) is 3. The molecule has 4 rings (SSSR count). The molecule has 1 saturated heterocycles. The molecule has 1 aliphatic heterocycles. The minimum absolute atomic E-state index is 0.208. The van der Waals surface area contributed by atoms with Crippen LogP contribution in [0.4, 0.5) is 0 Å². The summed E-state index contributed by atoms with van der Waals surface area (Å²) in [6.07, 6.45) is 1.14. The molecule has 26 heavy (non-hydrogen) atoms. The third-order valence-corrected chi connectivity index (χ3v) is 5.20. The molecule has 1 atom stereocenters. The summed E-state index contributed by atoms with van der Waals surface area (Å²) in [5, 5.41) is 0. The summed E-state index contributed by atoms with van der Waals surface area (Å²) in [6.45, 7) is 2.44. The third kappa shape index (κ3) is 3.48. The molecular formula is C21H24N4O. The van der Waals surface area contributed by atoms with Crippen LogP contribution in [0.2, 0.25) is 0 Å². The summed E-state index contributed by atoms with van der Waals surface area (Å²) >= 11 is 0. The summed E-state index contributed by atoms with van der Waals surface area (Å²) in [7, 11) is 2.13. The minimum atomic E-state index is 0.208. The van der Waals surface area contributed by atoms with E-state index in [1.807, 2.05) is 35.2 Å². The van der Waals surface area contributed by atoms with Crippen molar-refractivity contribution >= 4 is 16.9 Å². The number of carbonyl (C=O) groups excluding carboxylic acids is 1. The Morgan fingerprint density at radius 3 is 2.69 bits per heavy atom. The highest BCUT2D eigenvalue weighted by atomic mass is 16.2. The molecule has 1 aliphatic rings. The Labute approximate surface area is 153 Å². The first-order valence-corrected chi connectivity index (χ1v) is 9.17. The van der Waals surface area contributed by atoms with Gasteiger partial charge in [0.2, 0.25) is 5.91 Å². The summed E-state index contributed by atoms with van der Waals surface area (Å²) in [4.78, 5) is 24.9. The fourth-order valence-electron chi connectivity index (χ4n) is 3.64. The number of aromatic amines is 1. The van der Waals surface area contributed by atoms with Gasteiger partial charge in [-0.25, -0.2) is 4.98 Å². The normalized spacial score (nSPS) is 18.3. The number of nitrogens with one attached hydrogen (secondary N) is 1. The Bertz CT molecular complexity index is 856. The molecule has 5 heteroatoms. The average Bonchev–Trinajstić information content (AvgIpc) is 3.10. The molecule has 0 aliphatic carbocycles. The second-order valence-electron chi connectivity index (χ2n) is 6.95. The summed E-state index contributed by atoms with van der Waals surface area (Å²) < 4.78 is 0. The number of hydrogen-bond donors (Lipinski definition) is 1. The summed E-state index contributed by atoms with van der Waals surface area (Å²) in [6, 6.07) is 18.7. The van der Waals surface area contributed by atoms with Crippen molar-refractivity contribution in [3.05, 3.63) is 66.0 Å². The Balaban J connectivity index is 1.39. The second kappa shape index (κ2) is 7.30. The molecule has 5 nitrogen and oxygen atoms in total. The SMILES string of the molecule is CN1CCN(C(=O)CCc2nc3ccccc3[nH]2)CC1c1ccccc1. The van der Waals surface area contributed by atoms with E-state index in [0.29, 0.717) is 12.8 Å². The molecule has 0 spiro atoms. The van der Waals surface area contributed by atoms with Crippen LogP contribution >= 0.6 is 0 Å². The molecule has 2 heterocycles. The van der Waals surface area contributed by atoms with Crippen LogP contribution < -0.4 is 0 Å². The molecule has 0 radical (unpaired) electrons. The molecule has 1 unspecified atom stereocenters. The Morgan fingerprint density at radius 2 is 1.88 bits per heavy atom. The van der Waals surface area contributed by atoms with Crippen LogP contribution in [0, 0.1) is 0 Å². The van der Waals surface area contributed by atoms with E-state index in [1.165, 1.54) is 5.56 Å². The molecule has 134 valence electrons. The predicted octanol–water partition coefficient (Wildman–Crippen LogP) is 3.01. The lowest BCUT2D eigenvalue weighted by Gasteiger charge is -2.39. The molecule has 0 bridgehead atoms. The minimum Gasteiger partial charge on any atom is -0.342 e. The zero-order valence-electron chi connectivity index (χ0n) is 15.1. The van der Waals surface area contributed by atoms with Gasteiger partial charge in [-0.1, -0.05) is 42.5 Å². The number of rotatable bonds is 4. The van der Waals surface area contributed by atoms with Gasteiger partial charge >= 0.3 is 0 Å². The number of H-pyrrole nitrogens is 1. The van der Waals surface area contributed by atoms with Crippen molar-refractivity contribution in [3.63, 3.8) is 0 Å². The maximum atomic E-state index is 12.7. The largest absolute Gasteiger partial charge is 0.342 e. The van der Waals surface area contributed by atoms with E-state index in [0.717, 1.165) is 36.5 Å². The first-order valence-electron chi connectivity index (χ1n) is 9.17. The van der Waals surface area contributed by atoms with Crippen LogP contribution in [0.25, 0.3) is 11.0 Å². The second-order valence-corrected chi connectivity index (χ2v) is 6.95. The molecule has 1 fully saturated rings. The number of fused-ring (bicyclic) bond motifs is 1. The maximum absolute atomic E-state index is 12.7. The van der Waals surface area contributed by atoms with Gasteiger partial charge in [0.05, 0.1) is 17.1 Å². The molecule has 0 saturated carbocycles. The van der Waals surface area contributed by atoms with E-state index in [2.05, 4.69) is 46.2 Å². The molecule has 2 aromatic carbocycles. The molecule has 3 aromatic rings. The molecular weight excluding hydrogens is 324 g/mol. The van der Waals surface area contributed by atoms with Gasteiger partial charge in [-0.05, 0) is 24.7 Å². The number of imidazole rings is 1. The number of piperazine rings is 1. The number of para-hydroxylation sites is 2. The van der Waals surface area contributed by atoms with E-state index >= 15 is 0 Å². The van der Waals surface area contributed by atoms with Crippen molar-refractivity contribution < 1.29 is 4.79 Å². The third-order valence-electron chi connectivity index (χ3n) is 5.20. The van der Waals surface area contributed by atoms with Gasteiger partial charge in [0.15, 0.2) is 0 Å². The van der Waals surface area contributed by atoms with Gasteiger partial charge in [0.1, 0.15) is 5.82 Å². The quantitative estimate of drug-likeness (QED) is 0.788. The van der Waals surface area contributed by atoms with Gasteiger partial charge in [-0.2, -0.15) is 0 Å². The van der Waals surface area contributed by atoms with Crippen LogP contribution in [0.15, 0.2) is 54.6 Å².